The molecule has 2 aromatic carbocycles. The van der Waals surface area contributed by atoms with Crippen molar-refractivity contribution in [2.24, 2.45) is 0 Å². The number of hydrogen-bond acceptors (Lipinski definition) is 2. The summed E-state index contributed by atoms with van der Waals surface area (Å²) in [7, 11) is 0. The molecule has 0 spiro atoms. The van der Waals surface area contributed by atoms with Gasteiger partial charge >= 0.3 is 0 Å². The number of rotatable bonds is 7. The average molecular weight is 269 g/mol. The standard InChI is InChI=1S/C18H23NO/c1-3-20-14-15(2)19-18(16-10-6-4-7-11-16)17-12-8-5-9-13-17/h4-13,15,18-19H,3,14H2,1-2H3. The summed E-state index contributed by atoms with van der Waals surface area (Å²) in [5, 5.41) is 3.66. The summed E-state index contributed by atoms with van der Waals surface area (Å²) in [6, 6.07) is 21.6. The highest BCUT2D eigenvalue weighted by Crippen LogP contribution is 2.22. The lowest BCUT2D eigenvalue weighted by atomic mass is 9.98. The Balaban J connectivity index is 2.17. The second-order valence-corrected chi connectivity index (χ2v) is 4.98. The first-order valence-corrected chi connectivity index (χ1v) is 7.25. The summed E-state index contributed by atoms with van der Waals surface area (Å²) in [5.74, 6) is 0. The first-order chi connectivity index (χ1) is 9.81. The molecule has 0 aromatic heterocycles. The molecule has 0 radical (unpaired) electrons. The van der Waals surface area contributed by atoms with Gasteiger partial charge in [0.05, 0.1) is 12.6 Å². The first-order valence-electron chi connectivity index (χ1n) is 7.25. The number of hydrogen-bond donors (Lipinski definition) is 1. The van der Waals surface area contributed by atoms with Crippen LogP contribution in [0.3, 0.4) is 0 Å². The Kier molecular flexibility index (Phi) is 5.78. The summed E-state index contributed by atoms with van der Waals surface area (Å²) in [5.41, 5.74) is 2.56. The zero-order chi connectivity index (χ0) is 14.2. The van der Waals surface area contributed by atoms with Gasteiger partial charge in [0.25, 0.3) is 0 Å². The molecule has 2 aromatic rings. The highest BCUT2D eigenvalue weighted by molar-refractivity contribution is 5.31. The molecule has 20 heavy (non-hydrogen) atoms. The van der Waals surface area contributed by atoms with Gasteiger partial charge in [0, 0.05) is 12.6 Å². The molecule has 0 aliphatic carbocycles. The smallest absolute Gasteiger partial charge is 0.0617 e. The fourth-order valence-electron chi connectivity index (χ4n) is 2.30. The van der Waals surface area contributed by atoms with E-state index in [0.29, 0.717) is 6.04 Å². The van der Waals surface area contributed by atoms with E-state index >= 15 is 0 Å². The normalized spacial score (nSPS) is 12.6. The summed E-state index contributed by atoms with van der Waals surface area (Å²) in [6.45, 7) is 5.67. The van der Waals surface area contributed by atoms with Crippen LogP contribution in [-0.4, -0.2) is 19.3 Å². The molecular formula is C18H23NO. The highest BCUT2D eigenvalue weighted by Gasteiger charge is 2.15. The van der Waals surface area contributed by atoms with Crippen molar-refractivity contribution in [2.75, 3.05) is 13.2 Å². The Morgan fingerprint density at radius 3 is 1.85 bits per heavy atom. The second-order valence-electron chi connectivity index (χ2n) is 4.98. The van der Waals surface area contributed by atoms with Crippen LogP contribution in [-0.2, 0) is 4.74 Å². The van der Waals surface area contributed by atoms with Gasteiger partial charge in [-0.25, -0.2) is 0 Å². The Morgan fingerprint density at radius 2 is 1.40 bits per heavy atom. The lowest BCUT2D eigenvalue weighted by molar-refractivity contribution is 0.125. The fourth-order valence-corrected chi connectivity index (χ4v) is 2.30. The third-order valence-corrected chi connectivity index (χ3v) is 3.29. The number of benzene rings is 2. The van der Waals surface area contributed by atoms with Crippen LogP contribution in [0.2, 0.25) is 0 Å². The minimum atomic E-state index is 0.202. The van der Waals surface area contributed by atoms with Gasteiger partial charge in [-0.05, 0) is 25.0 Å². The van der Waals surface area contributed by atoms with Gasteiger partial charge < -0.3 is 10.1 Å². The lowest BCUT2D eigenvalue weighted by Gasteiger charge is -2.24. The van der Waals surface area contributed by atoms with E-state index in [1.807, 2.05) is 6.92 Å². The molecule has 0 amide bonds. The van der Waals surface area contributed by atoms with Crippen molar-refractivity contribution in [2.45, 2.75) is 25.9 Å². The van der Waals surface area contributed by atoms with Crippen molar-refractivity contribution in [3.05, 3.63) is 71.8 Å². The topological polar surface area (TPSA) is 21.3 Å². The van der Waals surface area contributed by atoms with Crippen LogP contribution in [0.5, 0.6) is 0 Å². The maximum absolute atomic E-state index is 5.51. The van der Waals surface area contributed by atoms with Crippen LogP contribution in [0.15, 0.2) is 60.7 Å². The van der Waals surface area contributed by atoms with Crippen molar-refractivity contribution in [1.82, 2.24) is 5.32 Å². The highest BCUT2D eigenvalue weighted by atomic mass is 16.5. The average Bonchev–Trinajstić information content (AvgIpc) is 2.52. The third kappa shape index (κ3) is 4.19. The molecular weight excluding hydrogens is 246 g/mol. The van der Waals surface area contributed by atoms with Crippen LogP contribution in [0, 0.1) is 0 Å². The zero-order valence-corrected chi connectivity index (χ0v) is 12.3. The summed E-state index contributed by atoms with van der Waals surface area (Å²) < 4.78 is 5.51. The summed E-state index contributed by atoms with van der Waals surface area (Å²) in [6.07, 6.45) is 0. The van der Waals surface area contributed by atoms with E-state index < -0.39 is 0 Å². The van der Waals surface area contributed by atoms with Crippen molar-refractivity contribution in [3.63, 3.8) is 0 Å². The van der Waals surface area contributed by atoms with Crippen LogP contribution < -0.4 is 5.32 Å². The van der Waals surface area contributed by atoms with Gasteiger partial charge in [-0.2, -0.15) is 0 Å². The van der Waals surface area contributed by atoms with E-state index in [9.17, 15) is 0 Å². The fraction of sp³-hybridized carbons (Fsp3) is 0.333. The Bertz CT molecular complexity index is 444. The molecule has 2 nitrogen and oxygen atoms in total. The second kappa shape index (κ2) is 7.83. The molecule has 0 saturated carbocycles. The van der Waals surface area contributed by atoms with Gasteiger partial charge in [-0.1, -0.05) is 60.7 Å². The van der Waals surface area contributed by atoms with Crippen LogP contribution in [0.4, 0.5) is 0 Å². The zero-order valence-electron chi connectivity index (χ0n) is 12.3. The minimum Gasteiger partial charge on any atom is -0.380 e. The Morgan fingerprint density at radius 1 is 0.900 bits per heavy atom. The Labute approximate surface area is 121 Å². The SMILES string of the molecule is CCOCC(C)NC(c1ccccc1)c1ccccc1. The molecule has 106 valence electrons. The monoisotopic (exact) mass is 269 g/mol. The third-order valence-electron chi connectivity index (χ3n) is 3.29. The van der Waals surface area contributed by atoms with E-state index in [2.05, 4.69) is 72.9 Å². The molecule has 1 atom stereocenters. The van der Waals surface area contributed by atoms with E-state index in [4.69, 9.17) is 4.74 Å². The quantitative estimate of drug-likeness (QED) is 0.825. The molecule has 0 aliphatic heterocycles. The van der Waals surface area contributed by atoms with Crippen molar-refractivity contribution >= 4 is 0 Å². The van der Waals surface area contributed by atoms with Crippen LogP contribution >= 0.6 is 0 Å². The van der Waals surface area contributed by atoms with Crippen molar-refractivity contribution in [1.29, 1.82) is 0 Å². The molecule has 1 N–H and O–H groups in total. The van der Waals surface area contributed by atoms with Gasteiger partial charge in [-0.3, -0.25) is 0 Å². The predicted octanol–water partition coefficient (Wildman–Crippen LogP) is 3.79. The minimum absolute atomic E-state index is 0.202. The molecule has 2 heteroatoms. The Hall–Kier alpha value is -1.64. The largest absolute Gasteiger partial charge is 0.380 e. The summed E-state index contributed by atoms with van der Waals surface area (Å²) in [4.78, 5) is 0. The number of ether oxygens (including phenoxy) is 1. The molecule has 1 unspecified atom stereocenters. The maximum Gasteiger partial charge on any atom is 0.0617 e. The van der Waals surface area contributed by atoms with Gasteiger partial charge in [0.15, 0.2) is 0 Å². The van der Waals surface area contributed by atoms with E-state index in [1.54, 1.807) is 0 Å². The first kappa shape index (κ1) is 14.8. The van der Waals surface area contributed by atoms with Crippen molar-refractivity contribution in [3.8, 4) is 0 Å². The lowest BCUT2D eigenvalue weighted by Crippen LogP contribution is -2.34. The maximum atomic E-state index is 5.51. The van der Waals surface area contributed by atoms with Gasteiger partial charge in [0.1, 0.15) is 0 Å². The molecule has 0 saturated heterocycles. The van der Waals surface area contributed by atoms with Crippen molar-refractivity contribution < 1.29 is 4.74 Å². The number of nitrogens with one attached hydrogen (secondary N) is 1. The predicted molar refractivity (Wildman–Crippen MR) is 83.8 cm³/mol. The summed E-state index contributed by atoms with van der Waals surface area (Å²) >= 11 is 0. The van der Waals surface area contributed by atoms with Crippen LogP contribution in [0.25, 0.3) is 0 Å². The van der Waals surface area contributed by atoms with Gasteiger partial charge in [-0.15, -0.1) is 0 Å². The van der Waals surface area contributed by atoms with Gasteiger partial charge in [0.2, 0.25) is 0 Å². The molecule has 0 bridgehead atoms. The van der Waals surface area contributed by atoms with Crippen LogP contribution in [0.1, 0.15) is 31.0 Å². The molecule has 0 aliphatic rings. The van der Waals surface area contributed by atoms with E-state index in [1.165, 1.54) is 11.1 Å². The molecule has 0 fully saturated rings. The molecule has 2 rings (SSSR count). The van der Waals surface area contributed by atoms with E-state index in [-0.39, 0.29) is 6.04 Å². The molecule has 0 heterocycles. The van der Waals surface area contributed by atoms with E-state index in [0.717, 1.165) is 13.2 Å².